The van der Waals surface area contributed by atoms with E-state index in [1.807, 2.05) is 12.1 Å². The number of sulfonamides is 1. The summed E-state index contributed by atoms with van der Waals surface area (Å²) in [5, 5.41) is 4.75. The first-order chi connectivity index (χ1) is 13.0. The summed E-state index contributed by atoms with van der Waals surface area (Å²) in [6, 6.07) is 13.7. The van der Waals surface area contributed by atoms with Crippen molar-refractivity contribution in [2.24, 2.45) is 0 Å². The van der Waals surface area contributed by atoms with Crippen LogP contribution in [0.3, 0.4) is 0 Å². The number of hydrogen-bond donors (Lipinski definition) is 0. The van der Waals surface area contributed by atoms with Crippen LogP contribution in [0.1, 0.15) is 11.3 Å². The normalized spacial score (nSPS) is 14.7. The SMILES string of the molecule is COc1ccc(S(=O)(=O)N2CCc3c(noc3-c3ccc(Cl)cc3)C2)cc1. The molecule has 0 amide bonds. The zero-order chi connectivity index (χ0) is 19.0. The van der Waals surface area contributed by atoms with Crippen molar-refractivity contribution in [1.82, 2.24) is 9.46 Å². The van der Waals surface area contributed by atoms with Crippen LogP contribution in [0.4, 0.5) is 0 Å². The molecule has 0 aliphatic carbocycles. The van der Waals surface area contributed by atoms with E-state index in [2.05, 4.69) is 5.16 Å². The number of aromatic nitrogens is 1. The Labute approximate surface area is 162 Å². The van der Waals surface area contributed by atoms with Crippen molar-refractivity contribution >= 4 is 21.6 Å². The molecule has 4 rings (SSSR count). The van der Waals surface area contributed by atoms with Crippen LogP contribution in [0.15, 0.2) is 57.9 Å². The molecular weight excluding hydrogens is 388 g/mol. The molecule has 0 unspecified atom stereocenters. The molecule has 2 aromatic carbocycles. The van der Waals surface area contributed by atoms with E-state index in [1.165, 1.54) is 4.31 Å². The Bertz CT molecular complexity index is 1060. The summed E-state index contributed by atoms with van der Waals surface area (Å²) < 4.78 is 37.9. The topological polar surface area (TPSA) is 72.6 Å². The number of benzene rings is 2. The highest BCUT2D eigenvalue weighted by atomic mass is 35.5. The Balaban J connectivity index is 1.60. The Kier molecular flexibility index (Phi) is 4.67. The van der Waals surface area contributed by atoms with Crippen molar-refractivity contribution < 1.29 is 17.7 Å². The van der Waals surface area contributed by atoms with Crippen LogP contribution in [-0.4, -0.2) is 31.5 Å². The maximum absolute atomic E-state index is 12.9. The molecule has 140 valence electrons. The number of halogens is 1. The van der Waals surface area contributed by atoms with Crippen LogP contribution < -0.4 is 4.74 Å². The molecule has 1 aliphatic heterocycles. The van der Waals surface area contributed by atoms with Crippen molar-refractivity contribution in [2.45, 2.75) is 17.9 Å². The van der Waals surface area contributed by atoms with Gasteiger partial charge in [0, 0.05) is 22.7 Å². The fraction of sp³-hybridized carbons (Fsp3) is 0.211. The van der Waals surface area contributed by atoms with Crippen LogP contribution in [0, 0.1) is 0 Å². The van der Waals surface area contributed by atoms with Gasteiger partial charge in [0.05, 0.1) is 18.6 Å². The fourth-order valence-corrected chi connectivity index (χ4v) is 4.66. The Morgan fingerprint density at radius 3 is 2.48 bits per heavy atom. The van der Waals surface area contributed by atoms with Crippen molar-refractivity contribution in [3.63, 3.8) is 0 Å². The lowest BCUT2D eigenvalue weighted by molar-refractivity contribution is 0.370. The molecule has 3 aromatic rings. The molecule has 0 saturated carbocycles. The van der Waals surface area contributed by atoms with Gasteiger partial charge in [0.25, 0.3) is 0 Å². The van der Waals surface area contributed by atoms with Crippen LogP contribution in [0.2, 0.25) is 5.02 Å². The van der Waals surface area contributed by atoms with E-state index in [-0.39, 0.29) is 11.4 Å². The van der Waals surface area contributed by atoms with Crippen LogP contribution >= 0.6 is 11.6 Å². The molecule has 2 heterocycles. The van der Waals surface area contributed by atoms with Gasteiger partial charge in [0.1, 0.15) is 11.4 Å². The third kappa shape index (κ3) is 3.34. The van der Waals surface area contributed by atoms with E-state index < -0.39 is 10.0 Å². The quantitative estimate of drug-likeness (QED) is 0.662. The molecule has 0 atom stereocenters. The summed E-state index contributed by atoms with van der Waals surface area (Å²) in [7, 11) is -2.07. The average molecular weight is 405 g/mol. The fourth-order valence-electron chi connectivity index (χ4n) is 3.14. The average Bonchev–Trinajstić information content (AvgIpc) is 3.12. The van der Waals surface area contributed by atoms with Gasteiger partial charge in [-0.1, -0.05) is 16.8 Å². The van der Waals surface area contributed by atoms with Crippen molar-refractivity contribution in [2.75, 3.05) is 13.7 Å². The third-order valence-electron chi connectivity index (χ3n) is 4.61. The lowest BCUT2D eigenvalue weighted by atomic mass is 10.0. The summed E-state index contributed by atoms with van der Waals surface area (Å²) in [5.41, 5.74) is 2.46. The van der Waals surface area contributed by atoms with Crippen molar-refractivity contribution in [3.05, 3.63) is 64.8 Å². The van der Waals surface area contributed by atoms with Gasteiger partial charge in [-0.3, -0.25) is 0 Å². The van der Waals surface area contributed by atoms with Gasteiger partial charge in [-0.05, 0) is 55.0 Å². The van der Waals surface area contributed by atoms with Gasteiger partial charge in [-0.25, -0.2) is 8.42 Å². The highest BCUT2D eigenvalue weighted by Crippen LogP contribution is 2.33. The van der Waals surface area contributed by atoms with E-state index in [0.717, 1.165) is 11.1 Å². The van der Waals surface area contributed by atoms with Gasteiger partial charge in [-0.15, -0.1) is 0 Å². The lowest BCUT2D eigenvalue weighted by Gasteiger charge is -2.25. The molecule has 8 heteroatoms. The monoisotopic (exact) mass is 404 g/mol. The Morgan fingerprint density at radius 1 is 1.11 bits per heavy atom. The summed E-state index contributed by atoms with van der Waals surface area (Å²) >= 11 is 5.94. The van der Waals surface area contributed by atoms with E-state index in [1.54, 1.807) is 43.5 Å². The first kappa shape index (κ1) is 18.0. The number of methoxy groups -OCH3 is 1. The minimum absolute atomic E-state index is 0.181. The number of fused-ring (bicyclic) bond motifs is 1. The first-order valence-corrected chi connectivity index (χ1v) is 10.2. The van der Waals surface area contributed by atoms with E-state index in [9.17, 15) is 8.42 Å². The van der Waals surface area contributed by atoms with Gasteiger partial charge in [0.15, 0.2) is 5.76 Å². The summed E-state index contributed by atoms with van der Waals surface area (Å²) in [5.74, 6) is 1.28. The molecule has 27 heavy (non-hydrogen) atoms. The van der Waals surface area contributed by atoms with Gasteiger partial charge in [0.2, 0.25) is 10.0 Å². The summed E-state index contributed by atoms with van der Waals surface area (Å²) in [4.78, 5) is 0.230. The minimum Gasteiger partial charge on any atom is -0.497 e. The highest BCUT2D eigenvalue weighted by Gasteiger charge is 2.32. The zero-order valence-electron chi connectivity index (χ0n) is 14.6. The number of rotatable bonds is 4. The second-order valence-electron chi connectivity index (χ2n) is 6.21. The van der Waals surface area contributed by atoms with Crippen LogP contribution in [0.25, 0.3) is 11.3 Å². The highest BCUT2D eigenvalue weighted by molar-refractivity contribution is 7.89. The molecule has 0 fully saturated rings. The molecular formula is C19H17ClN2O4S. The second kappa shape index (κ2) is 6.99. The first-order valence-electron chi connectivity index (χ1n) is 8.36. The van der Waals surface area contributed by atoms with Crippen LogP contribution in [-0.2, 0) is 23.0 Å². The standard InChI is InChI=1S/C19H17ClN2O4S/c1-25-15-6-8-16(9-7-15)27(23,24)22-11-10-17-18(12-22)21-26-19(17)13-2-4-14(20)5-3-13/h2-9H,10-12H2,1H3. The molecule has 0 N–H and O–H groups in total. The predicted octanol–water partition coefficient (Wildman–Crippen LogP) is 3.75. The molecule has 0 spiro atoms. The van der Waals surface area contributed by atoms with Crippen LogP contribution in [0.5, 0.6) is 5.75 Å². The second-order valence-corrected chi connectivity index (χ2v) is 8.58. The number of nitrogens with zero attached hydrogens (tertiary/aromatic N) is 2. The van der Waals surface area contributed by atoms with Crippen molar-refractivity contribution in [3.8, 4) is 17.1 Å². The zero-order valence-corrected chi connectivity index (χ0v) is 16.1. The van der Waals surface area contributed by atoms with E-state index >= 15 is 0 Å². The largest absolute Gasteiger partial charge is 0.497 e. The third-order valence-corrected chi connectivity index (χ3v) is 6.72. The summed E-state index contributed by atoms with van der Waals surface area (Å²) in [6.07, 6.45) is 0.534. The number of hydrogen-bond acceptors (Lipinski definition) is 5. The Hall–Kier alpha value is -2.35. The molecule has 0 bridgehead atoms. The van der Waals surface area contributed by atoms with Gasteiger partial charge in [-0.2, -0.15) is 4.31 Å². The molecule has 0 radical (unpaired) electrons. The molecule has 1 aliphatic rings. The van der Waals surface area contributed by atoms with Crippen molar-refractivity contribution in [1.29, 1.82) is 0 Å². The minimum atomic E-state index is -3.61. The van der Waals surface area contributed by atoms with Gasteiger partial charge >= 0.3 is 0 Å². The maximum atomic E-state index is 12.9. The molecule has 6 nitrogen and oxygen atoms in total. The van der Waals surface area contributed by atoms with E-state index in [4.69, 9.17) is 20.9 Å². The Morgan fingerprint density at radius 2 is 1.81 bits per heavy atom. The molecule has 1 aromatic heterocycles. The number of ether oxygens (including phenoxy) is 1. The summed E-state index contributed by atoms with van der Waals surface area (Å²) in [6.45, 7) is 0.546. The predicted molar refractivity (Wildman–Crippen MR) is 101 cm³/mol. The lowest BCUT2D eigenvalue weighted by Crippen LogP contribution is -2.35. The molecule has 0 saturated heterocycles. The van der Waals surface area contributed by atoms with Gasteiger partial charge < -0.3 is 9.26 Å². The van der Waals surface area contributed by atoms with E-state index in [0.29, 0.717) is 35.2 Å². The maximum Gasteiger partial charge on any atom is 0.243 e. The smallest absolute Gasteiger partial charge is 0.243 e.